The van der Waals surface area contributed by atoms with E-state index in [1.807, 2.05) is 0 Å². The van der Waals surface area contributed by atoms with Crippen LogP contribution in [0.15, 0.2) is 65.4 Å². The average Bonchev–Trinajstić information content (AvgIpc) is 2.64. The molecule has 0 saturated heterocycles. The molecule has 1 N–H and O–H groups in total. The van der Waals surface area contributed by atoms with Gasteiger partial charge in [-0.05, 0) is 57.4 Å². The van der Waals surface area contributed by atoms with Gasteiger partial charge in [0.1, 0.15) is 25.9 Å². The van der Waals surface area contributed by atoms with E-state index in [0.29, 0.717) is 17.4 Å². The summed E-state index contributed by atoms with van der Waals surface area (Å²) < 4.78 is 14.9. The summed E-state index contributed by atoms with van der Waals surface area (Å²) in [6.07, 6.45) is 5.49. The van der Waals surface area contributed by atoms with E-state index in [1.165, 1.54) is 12.1 Å². The van der Waals surface area contributed by atoms with Crippen LogP contribution < -0.4 is 5.19 Å². The summed E-state index contributed by atoms with van der Waals surface area (Å²) in [5.41, 5.74) is 3.01. The average molecular weight is 376 g/mol. The van der Waals surface area contributed by atoms with Crippen LogP contribution in [0.25, 0.3) is 5.57 Å². The molecule has 0 radical (unpaired) electrons. The standard InChI is InChI=1S/C22H17FO3Si/c1-27(2)20-10-14(25)4-7-17(20)22(18-8-5-15(26)11-21(18)27)16-6-3-13(12-24)9-19(16)23/h3-12,25H,1-2H3. The van der Waals surface area contributed by atoms with Crippen molar-refractivity contribution in [3.05, 3.63) is 87.9 Å². The lowest BCUT2D eigenvalue weighted by Gasteiger charge is -2.37. The van der Waals surface area contributed by atoms with Crippen molar-refractivity contribution < 1.29 is 19.1 Å². The van der Waals surface area contributed by atoms with Gasteiger partial charge in [-0.1, -0.05) is 37.4 Å². The zero-order valence-corrected chi connectivity index (χ0v) is 15.9. The second kappa shape index (κ2) is 5.99. The lowest BCUT2D eigenvalue weighted by molar-refractivity contribution is -0.110. The van der Waals surface area contributed by atoms with Crippen molar-refractivity contribution in [2.75, 3.05) is 0 Å². The normalized spacial score (nSPS) is 17.3. The molecule has 1 heterocycles. The van der Waals surface area contributed by atoms with Crippen LogP contribution in [0, 0.1) is 5.82 Å². The zero-order valence-electron chi connectivity index (χ0n) is 14.9. The molecule has 1 aliphatic heterocycles. The molecular weight excluding hydrogens is 359 g/mol. The minimum absolute atomic E-state index is 0.0888. The Bertz CT molecular complexity index is 1110. The first kappa shape index (κ1) is 17.4. The van der Waals surface area contributed by atoms with Crippen LogP contribution in [-0.4, -0.2) is 25.2 Å². The minimum Gasteiger partial charge on any atom is -0.508 e. The number of benzene rings is 2. The second-order valence-electron chi connectivity index (χ2n) is 7.29. The van der Waals surface area contributed by atoms with Crippen molar-refractivity contribution in [3.8, 4) is 5.75 Å². The van der Waals surface area contributed by atoms with Crippen LogP contribution in [0.2, 0.25) is 13.1 Å². The third-order valence-corrected chi connectivity index (χ3v) is 8.80. The molecule has 2 aromatic carbocycles. The van der Waals surface area contributed by atoms with Crippen molar-refractivity contribution in [2.45, 2.75) is 13.1 Å². The van der Waals surface area contributed by atoms with Gasteiger partial charge in [-0.3, -0.25) is 9.59 Å². The fourth-order valence-electron chi connectivity index (χ4n) is 3.91. The van der Waals surface area contributed by atoms with Crippen LogP contribution in [-0.2, 0) is 4.79 Å². The number of aldehydes is 1. The van der Waals surface area contributed by atoms with Gasteiger partial charge >= 0.3 is 0 Å². The molecule has 2 aliphatic rings. The van der Waals surface area contributed by atoms with Crippen LogP contribution in [0.1, 0.15) is 21.5 Å². The number of hydrogen-bond donors (Lipinski definition) is 1. The first-order valence-corrected chi connectivity index (χ1v) is 11.6. The molecule has 1 aliphatic carbocycles. The number of phenolic OH excluding ortho intramolecular Hbond substituents is 1. The van der Waals surface area contributed by atoms with Crippen molar-refractivity contribution in [1.82, 2.24) is 0 Å². The summed E-state index contributed by atoms with van der Waals surface area (Å²) in [5.74, 6) is -0.437. The Morgan fingerprint density at radius 2 is 1.78 bits per heavy atom. The lowest BCUT2D eigenvalue weighted by Crippen LogP contribution is -2.49. The van der Waals surface area contributed by atoms with E-state index in [9.17, 15) is 19.1 Å². The molecule has 0 spiro atoms. The highest BCUT2D eigenvalue weighted by Crippen LogP contribution is 2.42. The first-order chi connectivity index (χ1) is 12.8. The SMILES string of the molecule is C[Si]1(C)C2=CC(=O)C=CC2=C(c2ccc(C=O)cc2F)c2ccc(O)cc21. The molecule has 0 aromatic heterocycles. The highest BCUT2D eigenvalue weighted by atomic mass is 28.3. The predicted molar refractivity (Wildman–Crippen MR) is 105 cm³/mol. The van der Waals surface area contributed by atoms with E-state index >= 15 is 0 Å². The molecule has 5 heteroatoms. The Labute approximate surface area is 157 Å². The lowest BCUT2D eigenvalue weighted by atomic mass is 9.89. The fraction of sp³-hybridized carbons (Fsp3) is 0.0909. The Kier molecular flexibility index (Phi) is 3.85. The fourth-order valence-corrected chi connectivity index (χ4v) is 6.98. The highest BCUT2D eigenvalue weighted by molar-refractivity contribution is 6.98. The van der Waals surface area contributed by atoms with Gasteiger partial charge in [0, 0.05) is 11.1 Å². The van der Waals surface area contributed by atoms with Crippen molar-refractivity contribution >= 4 is 30.9 Å². The molecule has 2 aromatic rings. The second-order valence-corrected chi connectivity index (χ2v) is 11.6. The molecule has 0 bridgehead atoms. The van der Waals surface area contributed by atoms with Crippen molar-refractivity contribution in [2.24, 2.45) is 0 Å². The van der Waals surface area contributed by atoms with Gasteiger partial charge in [0.2, 0.25) is 0 Å². The summed E-state index contributed by atoms with van der Waals surface area (Å²) in [6, 6.07) is 9.51. The smallest absolute Gasteiger partial charge is 0.178 e. The van der Waals surface area contributed by atoms with Crippen molar-refractivity contribution in [3.63, 3.8) is 0 Å². The van der Waals surface area contributed by atoms with Crippen molar-refractivity contribution in [1.29, 1.82) is 0 Å². The van der Waals surface area contributed by atoms with E-state index in [4.69, 9.17) is 0 Å². The topological polar surface area (TPSA) is 54.4 Å². The Morgan fingerprint density at radius 3 is 2.48 bits per heavy atom. The molecular formula is C22H17FO3Si. The third kappa shape index (κ3) is 2.62. The largest absolute Gasteiger partial charge is 0.508 e. The predicted octanol–water partition coefficient (Wildman–Crippen LogP) is 3.68. The molecule has 27 heavy (non-hydrogen) atoms. The first-order valence-electron chi connectivity index (χ1n) is 8.61. The molecule has 4 rings (SSSR count). The maximum Gasteiger partial charge on any atom is 0.178 e. The van der Waals surface area contributed by atoms with Crippen LogP contribution in [0.3, 0.4) is 0 Å². The van der Waals surface area contributed by atoms with Crippen LogP contribution >= 0.6 is 0 Å². The molecule has 0 amide bonds. The number of ketones is 1. The summed E-state index contributed by atoms with van der Waals surface area (Å²) in [7, 11) is -2.26. The summed E-state index contributed by atoms with van der Waals surface area (Å²) in [4.78, 5) is 23.0. The van der Waals surface area contributed by atoms with Gasteiger partial charge in [0.05, 0.1) is 0 Å². The van der Waals surface area contributed by atoms with Crippen LogP contribution in [0.5, 0.6) is 5.75 Å². The van der Waals surface area contributed by atoms with E-state index in [1.54, 1.807) is 42.5 Å². The van der Waals surface area contributed by atoms with E-state index < -0.39 is 13.9 Å². The van der Waals surface area contributed by atoms with Gasteiger partial charge in [-0.15, -0.1) is 0 Å². The summed E-state index contributed by atoms with van der Waals surface area (Å²) in [6.45, 7) is 4.23. The number of aromatic hydroxyl groups is 1. The van der Waals surface area contributed by atoms with E-state index in [-0.39, 0.29) is 17.1 Å². The Morgan fingerprint density at radius 1 is 1.04 bits per heavy atom. The number of carbonyl (C=O) groups excluding carboxylic acids is 2. The maximum atomic E-state index is 14.9. The van der Waals surface area contributed by atoms with E-state index in [0.717, 1.165) is 21.5 Å². The van der Waals surface area contributed by atoms with Crippen LogP contribution in [0.4, 0.5) is 4.39 Å². The number of hydrogen-bond acceptors (Lipinski definition) is 3. The Balaban J connectivity index is 2.10. The maximum absolute atomic E-state index is 14.9. The number of phenols is 1. The number of allylic oxidation sites excluding steroid dienone is 5. The third-order valence-electron chi connectivity index (χ3n) is 5.28. The Hall–Kier alpha value is -3.05. The van der Waals surface area contributed by atoms with Gasteiger partial charge in [0.15, 0.2) is 5.78 Å². The zero-order chi connectivity index (χ0) is 19.3. The molecule has 3 nitrogen and oxygen atoms in total. The summed E-state index contributed by atoms with van der Waals surface area (Å²) in [5, 5.41) is 11.9. The van der Waals surface area contributed by atoms with Gasteiger partial charge in [-0.2, -0.15) is 0 Å². The summed E-state index contributed by atoms with van der Waals surface area (Å²) >= 11 is 0. The number of fused-ring (bicyclic) bond motifs is 2. The van der Waals surface area contributed by atoms with Gasteiger partial charge in [0.25, 0.3) is 0 Å². The monoisotopic (exact) mass is 376 g/mol. The number of rotatable bonds is 2. The van der Waals surface area contributed by atoms with E-state index in [2.05, 4.69) is 13.1 Å². The quantitative estimate of drug-likeness (QED) is 0.643. The van der Waals surface area contributed by atoms with Gasteiger partial charge in [-0.25, -0.2) is 4.39 Å². The van der Waals surface area contributed by atoms with Gasteiger partial charge < -0.3 is 5.11 Å². The molecule has 134 valence electrons. The number of carbonyl (C=O) groups is 2. The number of halogens is 1. The molecule has 0 atom stereocenters. The minimum atomic E-state index is -2.26. The highest BCUT2D eigenvalue weighted by Gasteiger charge is 2.40. The molecule has 0 saturated carbocycles. The molecule has 0 unspecified atom stereocenters. The molecule has 0 fully saturated rings.